The number of methoxy groups -OCH3 is 1. The fraction of sp³-hybridized carbons (Fsp3) is 0.438. The van der Waals surface area contributed by atoms with E-state index in [1.807, 2.05) is 31.2 Å². The summed E-state index contributed by atoms with van der Waals surface area (Å²) in [5.41, 5.74) is 0.0879. The lowest BCUT2D eigenvalue weighted by molar-refractivity contribution is -0.157. The first-order valence-electron chi connectivity index (χ1n) is 6.79. The third kappa shape index (κ3) is 2.64. The maximum Gasteiger partial charge on any atom is 0.350 e. The van der Waals surface area contributed by atoms with E-state index in [1.54, 1.807) is 0 Å². The van der Waals surface area contributed by atoms with Gasteiger partial charge < -0.3 is 14.2 Å². The SMILES string of the molecule is C=CCCOc1ccc2c(c1)C[C@@](CC)(C(=O)OC)O2. The van der Waals surface area contributed by atoms with E-state index in [9.17, 15) is 4.79 Å². The Balaban J connectivity index is 2.15. The minimum Gasteiger partial charge on any atom is -0.493 e. The molecule has 108 valence electrons. The molecule has 1 aromatic rings. The topological polar surface area (TPSA) is 44.8 Å². The Kier molecular flexibility index (Phi) is 4.32. The highest BCUT2D eigenvalue weighted by atomic mass is 16.6. The molecule has 0 fully saturated rings. The Labute approximate surface area is 119 Å². The van der Waals surface area contributed by atoms with Crippen molar-refractivity contribution >= 4 is 5.97 Å². The first kappa shape index (κ1) is 14.4. The first-order chi connectivity index (χ1) is 9.65. The number of carbonyl (C=O) groups is 1. The van der Waals surface area contributed by atoms with Crippen LogP contribution in [0.2, 0.25) is 0 Å². The van der Waals surface area contributed by atoms with Crippen LogP contribution < -0.4 is 9.47 Å². The Morgan fingerprint density at radius 1 is 1.55 bits per heavy atom. The average Bonchev–Trinajstić information content (AvgIpc) is 2.86. The molecule has 1 atom stereocenters. The zero-order valence-electron chi connectivity index (χ0n) is 12.0. The van der Waals surface area contributed by atoms with Gasteiger partial charge in [0.1, 0.15) is 11.5 Å². The molecule has 0 aromatic heterocycles. The maximum atomic E-state index is 11.9. The molecule has 0 unspecified atom stereocenters. The Bertz CT molecular complexity index is 509. The van der Waals surface area contributed by atoms with Crippen LogP contribution in [0.4, 0.5) is 0 Å². The third-order valence-corrected chi connectivity index (χ3v) is 3.53. The summed E-state index contributed by atoms with van der Waals surface area (Å²) in [4.78, 5) is 11.9. The van der Waals surface area contributed by atoms with Crippen molar-refractivity contribution in [3.05, 3.63) is 36.4 Å². The van der Waals surface area contributed by atoms with E-state index in [0.717, 1.165) is 23.5 Å². The monoisotopic (exact) mass is 276 g/mol. The molecule has 0 bridgehead atoms. The number of carbonyl (C=O) groups excluding carboxylic acids is 1. The normalized spacial score (nSPS) is 19.9. The molecule has 0 amide bonds. The van der Waals surface area contributed by atoms with Gasteiger partial charge in [0.15, 0.2) is 0 Å². The molecular weight excluding hydrogens is 256 g/mol. The van der Waals surface area contributed by atoms with Crippen LogP contribution in [0.15, 0.2) is 30.9 Å². The van der Waals surface area contributed by atoms with E-state index in [0.29, 0.717) is 19.4 Å². The lowest BCUT2D eigenvalue weighted by Crippen LogP contribution is -2.43. The number of hydrogen-bond donors (Lipinski definition) is 0. The molecule has 0 aliphatic carbocycles. The zero-order chi connectivity index (χ0) is 14.6. The van der Waals surface area contributed by atoms with Crippen LogP contribution in [0.5, 0.6) is 11.5 Å². The fourth-order valence-electron chi connectivity index (χ4n) is 2.34. The molecule has 4 nitrogen and oxygen atoms in total. The van der Waals surface area contributed by atoms with Crippen LogP contribution in [0.3, 0.4) is 0 Å². The van der Waals surface area contributed by atoms with Gasteiger partial charge in [-0.05, 0) is 31.0 Å². The molecule has 0 radical (unpaired) electrons. The highest BCUT2D eigenvalue weighted by molar-refractivity contribution is 5.81. The van der Waals surface area contributed by atoms with Crippen LogP contribution in [-0.2, 0) is 16.0 Å². The van der Waals surface area contributed by atoms with E-state index < -0.39 is 5.60 Å². The molecule has 1 heterocycles. The van der Waals surface area contributed by atoms with Gasteiger partial charge in [0.2, 0.25) is 5.60 Å². The number of ether oxygens (including phenoxy) is 3. The lowest BCUT2D eigenvalue weighted by Gasteiger charge is -2.23. The Morgan fingerprint density at radius 2 is 2.35 bits per heavy atom. The van der Waals surface area contributed by atoms with Gasteiger partial charge in [-0.1, -0.05) is 13.0 Å². The number of esters is 1. The van der Waals surface area contributed by atoms with Gasteiger partial charge in [-0.25, -0.2) is 4.79 Å². The summed E-state index contributed by atoms with van der Waals surface area (Å²) in [5.74, 6) is 1.18. The molecule has 0 saturated heterocycles. The van der Waals surface area contributed by atoms with E-state index in [2.05, 4.69) is 6.58 Å². The molecular formula is C16H20O4. The van der Waals surface area contributed by atoms with Gasteiger partial charge >= 0.3 is 5.97 Å². The number of hydrogen-bond acceptors (Lipinski definition) is 4. The lowest BCUT2D eigenvalue weighted by atomic mass is 9.94. The van der Waals surface area contributed by atoms with Crippen molar-refractivity contribution in [3.8, 4) is 11.5 Å². The Hall–Kier alpha value is -1.97. The second-order valence-electron chi connectivity index (χ2n) is 4.81. The van der Waals surface area contributed by atoms with Crippen molar-refractivity contribution < 1.29 is 19.0 Å². The molecule has 2 rings (SSSR count). The van der Waals surface area contributed by atoms with Crippen molar-refractivity contribution in [2.24, 2.45) is 0 Å². The van der Waals surface area contributed by atoms with Gasteiger partial charge in [0, 0.05) is 12.0 Å². The van der Waals surface area contributed by atoms with Gasteiger partial charge in [-0.15, -0.1) is 6.58 Å². The minimum absolute atomic E-state index is 0.328. The largest absolute Gasteiger partial charge is 0.493 e. The minimum atomic E-state index is -0.892. The summed E-state index contributed by atoms with van der Waals surface area (Å²) in [7, 11) is 1.38. The van der Waals surface area contributed by atoms with Crippen LogP contribution in [0, 0.1) is 0 Å². The summed E-state index contributed by atoms with van der Waals surface area (Å²) in [6.45, 7) is 6.17. The molecule has 0 spiro atoms. The van der Waals surface area contributed by atoms with E-state index >= 15 is 0 Å². The predicted octanol–water partition coefficient (Wildman–Crippen LogP) is 2.90. The molecule has 0 N–H and O–H groups in total. The van der Waals surface area contributed by atoms with Crippen molar-refractivity contribution in [1.82, 2.24) is 0 Å². The molecule has 4 heteroatoms. The molecule has 1 aliphatic rings. The smallest absolute Gasteiger partial charge is 0.350 e. The predicted molar refractivity (Wildman–Crippen MR) is 76.1 cm³/mol. The second kappa shape index (κ2) is 5.99. The van der Waals surface area contributed by atoms with Crippen molar-refractivity contribution in [2.45, 2.75) is 31.8 Å². The molecule has 1 aromatic carbocycles. The highest BCUT2D eigenvalue weighted by Crippen LogP contribution is 2.39. The average molecular weight is 276 g/mol. The third-order valence-electron chi connectivity index (χ3n) is 3.53. The summed E-state index contributed by atoms with van der Waals surface area (Å²) in [6, 6.07) is 5.63. The highest BCUT2D eigenvalue weighted by Gasteiger charge is 2.46. The Morgan fingerprint density at radius 3 is 3.00 bits per heavy atom. The first-order valence-corrected chi connectivity index (χ1v) is 6.79. The number of rotatable bonds is 6. The summed E-state index contributed by atoms with van der Waals surface area (Å²) < 4.78 is 16.3. The van der Waals surface area contributed by atoms with Crippen LogP contribution in [0.25, 0.3) is 0 Å². The van der Waals surface area contributed by atoms with E-state index in [-0.39, 0.29) is 5.97 Å². The van der Waals surface area contributed by atoms with Crippen molar-refractivity contribution in [2.75, 3.05) is 13.7 Å². The van der Waals surface area contributed by atoms with Gasteiger partial charge in [0.25, 0.3) is 0 Å². The summed E-state index contributed by atoms with van der Waals surface area (Å²) in [5, 5.41) is 0. The maximum absolute atomic E-state index is 11.9. The summed E-state index contributed by atoms with van der Waals surface area (Å²) in [6.07, 6.45) is 3.70. The second-order valence-corrected chi connectivity index (χ2v) is 4.81. The van der Waals surface area contributed by atoms with Crippen LogP contribution in [-0.4, -0.2) is 25.3 Å². The molecule has 0 saturated carbocycles. The standard InChI is InChI=1S/C16H20O4/c1-4-6-9-19-13-7-8-14-12(10-13)11-16(5-2,20-14)15(17)18-3/h4,7-8,10H,1,5-6,9,11H2,2-3H3/t16-/m0/s1. The van der Waals surface area contributed by atoms with E-state index in [1.165, 1.54) is 7.11 Å². The molecule has 1 aliphatic heterocycles. The summed E-state index contributed by atoms with van der Waals surface area (Å²) >= 11 is 0. The van der Waals surface area contributed by atoms with Crippen LogP contribution in [0.1, 0.15) is 25.3 Å². The van der Waals surface area contributed by atoms with Gasteiger partial charge in [-0.3, -0.25) is 0 Å². The van der Waals surface area contributed by atoms with Crippen LogP contribution >= 0.6 is 0 Å². The van der Waals surface area contributed by atoms with Crippen molar-refractivity contribution in [3.63, 3.8) is 0 Å². The van der Waals surface area contributed by atoms with Gasteiger partial charge in [-0.2, -0.15) is 0 Å². The van der Waals surface area contributed by atoms with Crippen molar-refractivity contribution in [1.29, 1.82) is 0 Å². The number of benzene rings is 1. The zero-order valence-corrected chi connectivity index (χ0v) is 12.0. The van der Waals surface area contributed by atoms with E-state index in [4.69, 9.17) is 14.2 Å². The molecule has 20 heavy (non-hydrogen) atoms. The van der Waals surface area contributed by atoms with Gasteiger partial charge in [0.05, 0.1) is 13.7 Å². The quantitative estimate of drug-likeness (QED) is 0.455. The fourth-order valence-corrected chi connectivity index (χ4v) is 2.34. The number of fused-ring (bicyclic) bond motifs is 1.